The molecule has 2 aromatic rings. The highest BCUT2D eigenvalue weighted by molar-refractivity contribution is 5.92. The normalized spacial score (nSPS) is 20.0. The predicted octanol–water partition coefficient (Wildman–Crippen LogP) is 2.66. The number of aromatic carboxylic acids is 1. The molecule has 2 amide bonds. The van der Waals surface area contributed by atoms with Gasteiger partial charge in [0.25, 0.3) is 0 Å². The lowest BCUT2D eigenvalue weighted by molar-refractivity contribution is -0.138. The average molecular weight is 459 g/mol. The van der Waals surface area contributed by atoms with E-state index in [1.165, 1.54) is 11.0 Å². The first kappa shape index (κ1) is 23.0. The Morgan fingerprint density at radius 3 is 2.61 bits per heavy atom. The standard InChI is InChI=1S/C23H30N4O6/c1-14(26-9-8-25(13-19(26)28)22(31)33-23(2,3)4)20-24-17-6-5-15(21(29)30)11-18(17)27(20)12-16-7-10-32-16/h5-6,11,14,16H,7-10,12-13H2,1-4H3,(H,29,30)/t14-,16-/m0/s1. The summed E-state index contributed by atoms with van der Waals surface area (Å²) in [6.45, 7) is 9.15. The number of nitrogens with zero attached hydrogens (tertiary/aromatic N) is 4. The molecule has 1 N–H and O–H groups in total. The first-order valence-electron chi connectivity index (χ1n) is 11.2. The summed E-state index contributed by atoms with van der Waals surface area (Å²) >= 11 is 0. The van der Waals surface area contributed by atoms with E-state index >= 15 is 0 Å². The molecule has 0 saturated carbocycles. The van der Waals surface area contributed by atoms with Gasteiger partial charge < -0.3 is 24.0 Å². The van der Waals surface area contributed by atoms with E-state index in [1.807, 2.05) is 11.5 Å². The second kappa shape index (κ2) is 8.66. The molecular formula is C23H30N4O6. The number of carboxylic acids is 1. The Balaban J connectivity index is 1.59. The second-order valence-electron chi connectivity index (χ2n) is 9.54. The van der Waals surface area contributed by atoms with Gasteiger partial charge in [-0.05, 0) is 52.3 Å². The van der Waals surface area contributed by atoms with Crippen LogP contribution in [0.4, 0.5) is 4.79 Å². The second-order valence-corrected chi connectivity index (χ2v) is 9.54. The van der Waals surface area contributed by atoms with Crippen LogP contribution in [0.15, 0.2) is 18.2 Å². The number of hydrogen-bond donors (Lipinski definition) is 1. The van der Waals surface area contributed by atoms with Gasteiger partial charge in [-0.15, -0.1) is 0 Å². The lowest BCUT2D eigenvalue weighted by Gasteiger charge is -2.38. The van der Waals surface area contributed by atoms with E-state index in [2.05, 4.69) is 0 Å². The first-order valence-corrected chi connectivity index (χ1v) is 11.2. The Kier molecular flexibility index (Phi) is 6.04. The first-order chi connectivity index (χ1) is 15.5. The van der Waals surface area contributed by atoms with Gasteiger partial charge in [0, 0.05) is 19.7 Å². The number of carbonyl (C=O) groups excluding carboxylic acids is 2. The number of ether oxygens (including phenoxy) is 2. The summed E-state index contributed by atoms with van der Waals surface area (Å²) in [5.74, 6) is -0.529. The summed E-state index contributed by atoms with van der Waals surface area (Å²) in [5, 5.41) is 9.42. The maximum absolute atomic E-state index is 13.0. The fourth-order valence-corrected chi connectivity index (χ4v) is 4.13. The van der Waals surface area contributed by atoms with Gasteiger partial charge in [-0.2, -0.15) is 0 Å². The summed E-state index contributed by atoms with van der Waals surface area (Å²) in [7, 11) is 0. The fourth-order valence-electron chi connectivity index (χ4n) is 4.13. The molecule has 0 unspecified atom stereocenters. The molecule has 2 atom stereocenters. The zero-order valence-corrected chi connectivity index (χ0v) is 19.4. The molecule has 0 radical (unpaired) electrons. The van der Waals surface area contributed by atoms with Crippen molar-refractivity contribution in [1.29, 1.82) is 0 Å². The zero-order chi connectivity index (χ0) is 23.9. The Labute approximate surface area is 192 Å². The van der Waals surface area contributed by atoms with Crippen molar-refractivity contribution >= 4 is 29.0 Å². The third-order valence-electron chi connectivity index (χ3n) is 5.95. The Hall–Kier alpha value is -3.14. The Morgan fingerprint density at radius 2 is 2.03 bits per heavy atom. The zero-order valence-electron chi connectivity index (χ0n) is 19.4. The maximum atomic E-state index is 13.0. The molecule has 4 rings (SSSR count). The lowest BCUT2D eigenvalue weighted by Crippen LogP contribution is -2.54. The summed E-state index contributed by atoms with van der Waals surface area (Å²) < 4.78 is 13.0. The molecule has 0 aliphatic carbocycles. The van der Waals surface area contributed by atoms with Crippen LogP contribution in [0.25, 0.3) is 11.0 Å². The molecule has 2 saturated heterocycles. The van der Waals surface area contributed by atoms with Gasteiger partial charge >= 0.3 is 12.1 Å². The number of piperazine rings is 1. The van der Waals surface area contributed by atoms with Crippen LogP contribution < -0.4 is 0 Å². The molecular weight excluding hydrogens is 428 g/mol. The third-order valence-corrected chi connectivity index (χ3v) is 5.95. The molecule has 1 aromatic carbocycles. The van der Waals surface area contributed by atoms with Gasteiger partial charge in [0.15, 0.2) is 0 Å². The topological polar surface area (TPSA) is 114 Å². The van der Waals surface area contributed by atoms with Crippen LogP contribution in [0.1, 0.15) is 56.3 Å². The molecule has 2 aliphatic rings. The van der Waals surface area contributed by atoms with E-state index in [4.69, 9.17) is 14.5 Å². The summed E-state index contributed by atoms with van der Waals surface area (Å²) in [4.78, 5) is 44.7. The van der Waals surface area contributed by atoms with Crippen LogP contribution in [0, 0.1) is 0 Å². The summed E-state index contributed by atoms with van der Waals surface area (Å²) in [6.07, 6.45) is 0.444. The number of fused-ring (bicyclic) bond motifs is 1. The van der Waals surface area contributed by atoms with Crippen LogP contribution in [-0.4, -0.2) is 80.4 Å². The van der Waals surface area contributed by atoms with E-state index < -0.39 is 17.7 Å². The van der Waals surface area contributed by atoms with Crippen molar-refractivity contribution in [2.75, 3.05) is 26.2 Å². The lowest BCUT2D eigenvalue weighted by atomic mass is 10.1. The monoisotopic (exact) mass is 458 g/mol. The van der Waals surface area contributed by atoms with Crippen molar-refractivity contribution in [1.82, 2.24) is 19.4 Å². The largest absolute Gasteiger partial charge is 0.478 e. The minimum Gasteiger partial charge on any atom is -0.478 e. The van der Waals surface area contributed by atoms with E-state index in [1.54, 1.807) is 37.8 Å². The molecule has 1 aromatic heterocycles. The van der Waals surface area contributed by atoms with Crippen molar-refractivity contribution in [3.05, 3.63) is 29.6 Å². The van der Waals surface area contributed by atoms with Crippen molar-refractivity contribution in [3.63, 3.8) is 0 Å². The molecule has 178 valence electrons. The third kappa shape index (κ3) is 4.80. The van der Waals surface area contributed by atoms with E-state index in [-0.39, 0.29) is 30.2 Å². The maximum Gasteiger partial charge on any atom is 0.410 e. The number of imidazole rings is 1. The van der Waals surface area contributed by atoms with Crippen molar-refractivity contribution in [2.24, 2.45) is 0 Å². The van der Waals surface area contributed by atoms with Crippen LogP contribution in [0.5, 0.6) is 0 Å². The van der Waals surface area contributed by atoms with Crippen LogP contribution in [0.3, 0.4) is 0 Å². The number of aromatic nitrogens is 2. The Bertz CT molecular complexity index is 1080. The predicted molar refractivity (Wildman–Crippen MR) is 119 cm³/mol. The molecule has 10 heteroatoms. The number of carboxylic acid groups (broad SMARTS) is 1. The SMILES string of the molecule is C[C@@H](c1nc2ccc(C(=O)O)cc2n1C[C@@H]1CCO1)N1CCN(C(=O)OC(C)(C)C)CC1=O. The highest BCUT2D eigenvalue weighted by Gasteiger charge is 2.35. The summed E-state index contributed by atoms with van der Waals surface area (Å²) in [6, 6.07) is 4.47. The molecule has 33 heavy (non-hydrogen) atoms. The van der Waals surface area contributed by atoms with Crippen molar-refractivity contribution < 1.29 is 29.0 Å². The van der Waals surface area contributed by atoms with Gasteiger partial charge in [0.05, 0.1) is 35.3 Å². The van der Waals surface area contributed by atoms with E-state index in [0.717, 1.165) is 6.42 Å². The van der Waals surface area contributed by atoms with Gasteiger partial charge in [0.2, 0.25) is 5.91 Å². The van der Waals surface area contributed by atoms with Crippen molar-refractivity contribution in [3.8, 4) is 0 Å². The van der Waals surface area contributed by atoms with E-state index in [0.29, 0.717) is 43.1 Å². The van der Waals surface area contributed by atoms with Crippen molar-refractivity contribution in [2.45, 2.75) is 58.4 Å². The van der Waals surface area contributed by atoms with Gasteiger partial charge in [-0.25, -0.2) is 14.6 Å². The minimum atomic E-state index is -1.01. The molecule has 2 fully saturated rings. The highest BCUT2D eigenvalue weighted by Crippen LogP contribution is 2.29. The molecule has 10 nitrogen and oxygen atoms in total. The number of amides is 2. The number of rotatable bonds is 5. The van der Waals surface area contributed by atoms with Gasteiger partial charge in [0.1, 0.15) is 18.0 Å². The van der Waals surface area contributed by atoms with Crippen LogP contribution in [-0.2, 0) is 20.8 Å². The van der Waals surface area contributed by atoms with E-state index in [9.17, 15) is 19.5 Å². The summed E-state index contributed by atoms with van der Waals surface area (Å²) in [5.41, 5.74) is 0.918. The number of benzene rings is 1. The Morgan fingerprint density at radius 1 is 1.30 bits per heavy atom. The van der Waals surface area contributed by atoms with Crippen LogP contribution >= 0.6 is 0 Å². The van der Waals surface area contributed by atoms with Gasteiger partial charge in [-0.3, -0.25) is 9.69 Å². The number of hydrogen-bond acceptors (Lipinski definition) is 6. The fraction of sp³-hybridized carbons (Fsp3) is 0.565. The highest BCUT2D eigenvalue weighted by atomic mass is 16.6. The quantitative estimate of drug-likeness (QED) is 0.733. The molecule has 2 aliphatic heterocycles. The average Bonchev–Trinajstić information content (AvgIpc) is 3.06. The van der Waals surface area contributed by atoms with Gasteiger partial charge in [-0.1, -0.05) is 0 Å². The minimum absolute atomic E-state index is 0.0292. The molecule has 0 spiro atoms. The number of carbonyl (C=O) groups is 3. The molecule has 3 heterocycles. The van der Waals surface area contributed by atoms with Crippen LogP contribution in [0.2, 0.25) is 0 Å². The smallest absolute Gasteiger partial charge is 0.410 e. The molecule has 0 bridgehead atoms.